The van der Waals surface area contributed by atoms with Crippen LogP contribution in [0.25, 0.3) is 0 Å². The van der Waals surface area contributed by atoms with E-state index in [0.717, 1.165) is 17.4 Å². The number of aryl methyl sites for hydroxylation is 2. The minimum absolute atomic E-state index is 0.0208. The van der Waals surface area contributed by atoms with Crippen molar-refractivity contribution in [1.29, 1.82) is 0 Å². The molecule has 0 aliphatic carbocycles. The fourth-order valence-electron chi connectivity index (χ4n) is 3.74. The van der Waals surface area contributed by atoms with Gasteiger partial charge in [0.25, 0.3) is 5.69 Å². The predicted octanol–water partition coefficient (Wildman–Crippen LogP) is 1.40. The number of phosphoric acid groups is 2. The summed E-state index contributed by atoms with van der Waals surface area (Å²) in [5.74, 6) is -1.11. The first kappa shape index (κ1) is 38.6. The van der Waals surface area contributed by atoms with Crippen molar-refractivity contribution in [2.24, 2.45) is 9.98 Å². The molecule has 18 nitrogen and oxygen atoms in total. The number of hydrogen-bond acceptors (Lipinski definition) is 13. The number of pyridine rings is 2. The van der Waals surface area contributed by atoms with Crippen molar-refractivity contribution in [3.63, 3.8) is 0 Å². The number of phosphoric ester groups is 2. The van der Waals surface area contributed by atoms with Gasteiger partial charge in [-0.05, 0) is 37.0 Å². The molecule has 3 aromatic rings. The molecule has 46 heavy (non-hydrogen) atoms. The Balaban J connectivity index is 0.00000361. The molecule has 2 aromatic heterocycles. The molecule has 0 amide bonds. The third-order valence-corrected chi connectivity index (χ3v) is 6.94. The van der Waals surface area contributed by atoms with Crippen molar-refractivity contribution in [2.75, 3.05) is 6.54 Å². The summed E-state index contributed by atoms with van der Waals surface area (Å²) >= 11 is 1.06. The molecule has 0 unspecified atom stereocenters. The normalized spacial score (nSPS) is 12.7. The molecular formula is C25H27N5O13P2V. The van der Waals surface area contributed by atoms with Crippen LogP contribution in [0.5, 0.6) is 11.5 Å². The second-order valence-electron chi connectivity index (χ2n) is 9.31. The summed E-state index contributed by atoms with van der Waals surface area (Å²) in [5, 5.41) is 36.6. The average molecular weight is 718 g/mol. The second-order valence-corrected chi connectivity index (χ2v) is 11.8. The molecule has 0 spiro atoms. The second kappa shape index (κ2) is 17.4. The molecule has 0 saturated carbocycles. The molecule has 0 bridgehead atoms. The van der Waals surface area contributed by atoms with Gasteiger partial charge in [0.1, 0.15) is 0 Å². The topological polar surface area (TPSA) is 290 Å². The van der Waals surface area contributed by atoms with E-state index in [1.807, 2.05) is 0 Å². The van der Waals surface area contributed by atoms with E-state index in [2.05, 4.69) is 29.0 Å². The molecule has 1 atom stereocenters. The van der Waals surface area contributed by atoms with Gasteiger partial charge in [0.2, 0.25) is 0 Å². The average Bonchev–Trinajstić information content (AvgIpc) is 2.99. The van der Waals surface area contributed by atoms with Gasteiger partial charge < -0.3 is 29.8 Å². The molecule has 0 aliphatic heterocycles. The summed E-state index contributed by atoms with van der Waals surface area (Å²) in [7, 11) is -9.72. The molecule has 2 heterocycles. The van der Waals surface area contributed by atoms with Crippen LogP contribution in [0.15, 0.2) is 46.6 Å². The predicted molar refractivity (Wildman–Crippen MR) is 152 cm³/mol. The number of rotatable bonds is 14. The van der Waals surface area contributed by atoms with Crippen LogP contribution in [0.2, 0.25) is 0 Å². The Bertz CT molecular complexity index is 1680. The quantitative estimate of drug-likeness (QED) is 0.0793. The van der Waals surface area contributed by atoms with Crippen molar-refractivity contribution in [3.8, 4) is 11.5 Å². The van der Waals surface area contributed by atoms with Crippen molar-refractivity contribution in [1.82, 2.24) is 9.97 Å². The zero-order valence-corrected chi connectivity index (χ0v) is 27.3. The zero-order chi connectivity index (χ0) is 34.7. The summed E-state index contributed by atoms with van der Waals surface area (Å²) in [6, 6.07) is 4.90. The van der Waals surface area contributed by atoms with E-state index in [0.29, 0.717) is 5.56 Å². The van der Waals surface area contributed by atoms with E-state index in [4.69, 9.17) is 23.2 Å². The van der Waals surface area contributed by atoms with Crippen LogP contribution in [0.4, 0.5) is 5.69 Å². The molecule has 21 heteroatoms. The van der Waals surface area contributed by atoms with E-state index >= 15 is 0 Å². The third kappa shape index (κ3) is 12.3. The van der Waals surface area contributed by atoms with E-state index < -0.39 is 51.3 Å². The number of aromatic nitrogens is 2. The fraction of sp³-hybridized carbons (Fsp3) is 0.280. The summed E-state index contributed by atoms with van der Waals surface area (Å²) in [6.07, 6.45) is 4.98. The van der Waals surface area contributed by atoms with E-state index in [-0.39, 0.29) is 52.3 Å². The van der Waals surface area contributed by atoms with Gasteiger partial charge in [0, 0.05) is 59.5 Å². The molecule has 1 aromatic carbocycles. The van der Waals surface area contributed by atoms with Gasteiger partial charge in [-0.2, -0.15) is 0 Å². The standard InChI is InChI=1S/C25H29N5O12P2.O.V/c1-15-24(31)22(18(8-27-15)13-41-43(35,36)37)11-26-10-20(7-17-3-5-21(6-4-17)30(33)34)29-12-23-19(14-42-44(38,39)40)9-28-16(2)25(23)32;;/h3-6,8-9,11-12,20,31-32H,7,10,13-14H2,1-2H3,(H2,35,36,37)(H2,38,39,40);;/q;;+2/p-2/t20-;;/m0../s1. The molecule has 0 saturated heterocycles. The van der Waals surface area contributed by atoms with Gasteiger partial charge in [-0.25, -0.2) is 9.13 Å². The number of non-ortho nitro benzene ring substituents is 1. The Morgan fingerprint density at radius 1 is 0.891 bits per heavy atom. The Hall–Kier alpha value is -3.54. The first-order chi connectivity index (χ1) is 21.5. The zero-order valence-electron chi connectivity index (χ0n) is 24.1. The van der Waals surface area contributed by atoms with Gasteiger partial charge in [0.05, 0.1) is 30.7 Å². The number of nitro benzene ring substituents is 1. The monoisotopic (exact) mass is 718 g/mol. The number of nitro groups is 1. The number of nitrogens with zero attached hydrogens (tertiary/aromatic N) is 5. The molecule has 4 N–H and O–H groups in total. The van der Waals surface area contributed by atoms with Gasteiger partial charge in [-0.1, -0.05) is 23.6 Å². The van der Waals surface area contributed by atoms with Crippen molar-refractivity contribution >= 4 is 33.8 Å². The molecule has 0 aliphatic rings. The summed E-state index contributed by atoms with van der Waals surface area (Å²) in [6.45, 7) is 1.54. The Morgan fingerprint density at radius 3 is 1.78 bits per heavy atom. The van der Waals surface area contributed by atoms with Crippen LogP contribution in [0.3, 0.4) is 0 Å². The summed E-state index contributed by atoms with van der Waals surface area (Å²) < 4.78 is 39.6. The van der Waals surface area contributed by atoms with E-state index in [1.54, 1.807) is 0 Å². The SMILES string of the molecule is Cc1ncc(COP(=O)(O)O)c(C=NC[C@H](Cc2ccc([N+](=O)[O-])cc2)N=Cc2c(COP(=O)(O)O)cnc(C)c2[O-])c1[O-].[O]=[V+2]. The minimum atomic E-state index is -4.87. The van der Waals surface area contributed by atoms with Crippen LogP contribution in [-0.4, -0.2) is 59.5 Å². The maximum atomic E-state index is 12.8. The van der Waals surface area contributed by atoms with Crippen LogP contribution in [0, 0.1) is 24.0 Å². The Morgan fingerprint density at radius 2 is 1.35 bits per heavy atom. The van der Waals surface area contributed by atoms with Gasteiger partial charge in [-0.3, -0.25) is 39.1 Å². The van der Waals surface area contributed by atoms with Crippen molar-refractivity contribution in [3.05, 3.63) is 86.0 Å². The maximum absolute atomic E-state index is 12.8. The molecule has 3 rings (SSSR count). The van der Waals surface area contributed by atoms with E-state index in [9.17, 15) is 29.5 Å². The van der Waals surface area contributed by atoms with E-state index in [1.165, 1.54) is 62.9 Å². The molecule has 245 valence electrons. The van der Waals surface area contributed by atoms with Gasteiger partial charge in [0.15, 0.2) is 0 Å². The fourth-order valence-corrected chi connectivity index (χ4v) is 4.36. The third-order valence-electron chi connectivity index (χ3n) is 6.01. The molecule has 0 fully saturated rings. The number of hydrogen-bond donors (Lipinski definition) is 4. The molecule has 0 radical (unpaired) electrons. The van der Waals surface area contributed by atoms with Gasteiger partial charge >= 0.3 is 36.7 Å². The first-order valence-electron chi connectivity index (χ1n) is 12.7. The molecular weight excluding hydrogens is 691 g/mol. The number of benzene rings is 1. The van der Waals surface area contributed by atoms with Crippen LogP contribution in [-0.2, 0) is 58.9 Å². The van der Waals surface area contributed by atoms with Crippen molar-refractivity contribution < 1.29 is 73.9 Å². The number of aliphatic imine (C=N–C) groups is 2. The van der Waals surface area contributed by atoms with Crippen molar-refractivity contribution in [2.45, 2.75) is 39.5 Å². The Kier molecular flexibility index (Phi) is 14.6. The first-order valence-corrected chi connectivity index (χ1v) is 16.3. The van der Waals surface area contributed by atoms with Crippen LogP contribution >= 0.6 is 15.6 Å². The summed E-state index contributed by atoms with van der Waals surface area (Å²) in [5.41, 5.74) is 0.756. The van der Waals surface area contributed by atoms with Crippen LogP contribution < -0.4 is 10.2 Å². The van der Waals surface area contributed by atoms with Gasteiger partial charge in [-0.15, -0.1) is 0 Å². The summed E-state index contributed by atoms with van der Waals surface area (Å²) in [4.78, 5) is 63.3. The van der Waals surface area contributed by atoms with Crippen LogP contribution in [0.1, 0.15) is 39.2 Å². The Labute approximate surface area is 270 Å².